The van der Waals surface area contributed by atoms with Crippen LogP contribution in [0.25, 0.3) is 0 Å². The lowest BCUT2D eigenvalue weighted by Gasteiger charge is -2.37. The predicted molar refractivity (Wildman–Crippen MR) is 158 cm³/mol. The van der Waals surface area contributed by atoms with E-state index in [0.29, 0.717) is 15.1 Å². The number of nitrogens with zero attached hydrogens (tertiary/aromatic N) is 2. The molecule has 0 saturated carbocycles. The van der Waals surface area contributed by atoms with Gasteiger partial charge in [0, 0.05) is 22.5 Å². The van der Waals surface area contributed by atoms with E-state index in [9.17, 15) is 4.79 Å². The highest BCUT2D eigenvalue weighted by molar-refractivity contribution is 8.27. The Morgan fingerprint density at radius 1 is 0.784 bits per heavy atom. The lowest BCUT2D eigenvalue weighted by Crippen LogP contribution is -2.34. The van der Waals surface area contributed by atoms with E-state index in [1.54, 1.807) is 18.7 Å². The van der Waals surface area contributed by atoms with E-state index in [-0.39, 0.29) is 5.78 Å². The van der Waals surface area contributed by atoms with Gasteiger partial charge in [-0.25, -0.2) is 5.01 Å². The van der Waals surface area contributed by atoms with Crippen LogP contribution in [0, 0.1) is 6.92 Å². The van der Waals surface area contributed by atoms with Crippen LogP contribution in [-0.2, 0) is 13.7 Å². The molecule has 184 valence electrons. The normalized spacial score (nSPS) is 19.7. The van der Waals surface area contributed by atoms with Gasteiger partial charge in [0.25, 0.3) is 0 Å². The number of thioether (sulfide) groups is 2. The van der Waals surface area contributed by atoms with Crippen molar-refractivity contribution in [3.63, 3.8) is 0 Å². The molecule has 0 amide bonds. The van der Waals surface area contributed by atoms with Crippen LogP contribution in [0.4, 0.5) is 5.69 Å². The van der Waals surface area contributed by atoms with E-state index in [0.717, 1.165) is 33.5 Å². The van der Waals surface area contributed by atoms with E-state index in [1.807, 2.05) is 29.3 Å². The highest BCUT2D eigenvalue weighted by Gasteiger charge is 2.61. The van der Waals surface area contributed by atoms with Gasteiger partial charge in [-0.2, -0.15) is 5.10 Å². The summed E-state index contributed by atoms with van der Waals surface area (Å²) in [5.41, 5.74) is 6.53. The molecule has 0 radical (unpaired) electrons. The van der Waals surface area contributed by atoms with Crippen molar-refractivity contribution in [1.29, 1.82) is 0 Å². The molecule has 2 aliphatic heterocycles. The lowest BCUT2D eigenvalue weighted by molar-refractivity contribution is -0.110. The van der Waals surface area contributed by atoms with Gasteiger partial charge in [0.05, 0.1) is 10.4 Å². The van der Waals surface area contributed by atoms with Crippen molar-refractivity contribution >= 4 is 63.2 Å². The molecule has 1 spiro atoms. The van der Waals surface area contributed by atoms with E-state index in [2.05, 4.69) is 79.7 Å². The first-order chi connectivity index (χ1) is 17.8. The van der Waals surface area contributed by atoms with Gasteiger partial charge in [0.15, 0.2) is 15.0 Å². The standard InChI is InChI=1S/C30H22Cl2N2OS2/c1-19-7-17-25(18-8-19)34-30(36-28(33-34)20(2)35)27-6-4-3-5-26(27)29(37-30,21-9-13-23(31)14-10-21)22-11-15-24(32)16-12-22/h3-18H,1-2H3. The predicted octanol–water partition coefficient (Wildman–Crippen LogP) is 8.61. The molecule has 1 atom stereocenters. The van der Waals surface area contributed by atoms with Crippen molar-refractivity contribution < 1.29 is 4.79 Å². The summed E-state index contributed by atoms with van der Waals surface area (Å²) in [7, 11) is 0. The third-order valence-electron chi connectivity index (χ3n) is 6.72. The summed E-state index contributed by atoms with van der Waals surface area (Å²) >= 11 is 16.0. The summed E-state index contributed by atoms with van der Waals surface area (Å²) in [6, 6.07) is 32.8. The monoisotopic (exact) mass is 560 g/mol. The molecule has 3 nitrogen and oxygen atoms in total. The summed E-state index contributed by atoms with van der Waals surface area (Å²) in [4.78, 5) is 12.7. The molecule has 2 heterocycles. The molecule has 0 saturated heterocycles. The summed E-state index contributed by atoms with van der Waals surface area (Å²) in [5, 5.41) is 8.77. The van der Waals surface area contributed by atoms with Crippen LogP contribution in [0.3, 0.4) is 0 Å². The Balaban J connectivity index is 1.64. The van der Waals surface area contributed by atoms with Gasteiger partial charge in [-0.3, -0.25) is 4.79 Å². The first kappa shape index (κ1) is 24.6. The van der Waals surface area contributed by atoms with Gasteiger partial charge in [-0.15, -0.1) is 0 Å². The minimum atomic E-state index is -0.702. The van der Waals surface area contributed by atoms with Crippen LogP contribution in [-0.4, -0.2) is 10.8 Å². The van der Waals surface area contributed by atoms with Gasteiger partial charge in [-0.05, 0) is 60.0 Å². The molecule has 4 aromatic carbocycles. The number of ketones is 1. The fourth-order valence-corrected chi connectivity index (χ4v) is 8.80. The fourth-order valence-electron chi connectivity index (χ4n) is 4.99. The SMILES string of the molecule is CC(=O)C1=NN(c2ccc(C)cc2)C2(S1)SC(c1ccc(Cl)cc1)(c1ccc(Cl)cc1)c1ccccc12. The zero-order chi connectivity index (χ0) is 25.8. The number of rotatable bonds is 4. The Morgan fingerprint density at radius 2 is 1.32 bits per heavy atom. The summed E-state index contributed by atoms with van der Waals surface area (Å²) < 4.78 is -1.30. The first-order valence-electron chi connectivity index (χ1n) is 11.8. The van der Waals surface area contributed by atoms with Crippen LogP contribution in [0.5, 0.6) is 0 Å². The van der Waals surface area contributed by atoms with E-state index < -0.39 is 8.95 Å². The number of halogens is 2. The van der Waals surface area contributed by atoms with Gasteiger partial charge in [-0.1, -0.05) is 113 Å². The number of hydrogen-bond donors (Lipinski definition) is 0. The van der Waals surface area contributed by atoms with Crippen LogP contribution in [0.1, 0.15) is 34.7 Å². The highest BCUT2D eigenvalue weighted by atomic mass is 35.5. The van der Waals surface area contributed by atoms with Crippen molar-refractivity contribution in [3.05, 3.63) is 135 Å². The molecule has 0 fully saturated rings. The zero-order valence-corrected chi connectivity index (χ0v) is 23.3. The Bertz CT molecular complexity index is 1490. The summed E-state index contributed by atoms with van der Waals surface area (Å²) in [5.74, 6) is -0.0486. The second kappa shape index (κ2) is 9.25. The van der Waals surface area contributed by atoms with Crippen LogP contribution in [0.15, 0.2) is 102 Å². The number of hydrogen-bond acceptors (Lipinski definition) is 5. The van der Waals surface area contributed by atoms with E-state index in [4.69, 9.17) is 28.3 Å². The second-order valence-corrected chi connectivity index (χ2v) is 12.9. The Hall–Kier alpha value is -2.70. The third kappa shape index (κ3) is 3.91. The molecule has 1 unspecified atom stereocenters. The molecule has 2 aliphatic rings. The average Bonchev–Trinajstić information content (AvgIpc) is 3.43. The van der Waals surface area contributed by atoms with Crippen molar-refractivity contribution in [2.45, 2.75) is 22.8 Å². The average molecular weight is 562 g/mol. The molecule has 6 rings (SSSR count). The first-order valence-corrected chi connectivity index (χ1v) is 14.2. The van der Waals surface area contributed by atoms with Crippen LogP contribution in [0.2, 0.25) is 10.0 Å². The Kier molecular flexibility index (Phi) is 6.15. The second-order valence-electron chi connectivity index (χ2n) is 9.14. The maximum atomic E-state index is 12.7. The molecule has 7 heteroatoms. The fraction of sp³-hybridized carbons (Fsp3) is 0.133. The van der Waals surface area contributed by atoms with Crippen molar-refractivity contribution in [2.75, 3.05) is 5.01 Å². The number of carbonyl (C=O) groups is 1. The minimum Gasteiger partial charge on any atom is -0.292 e. The van der Waals surface area contributed by atoms with Crippen LogP contribution >= 0.6 is 46.7 Å². The number of aryl methyl sites for hydroxylation is 1. The van der Waals surface area contributed by atoms with Crippen molar-refractivity contribution in [3.8, 4) is 0 Å². The smallest absolute Gasteiger partial charge is 0.187 e. The largest absolute Gasteiger partial charge is 0.292 e. The van der Waals surface area contributed by atoms with Crippen molar-refractivity contribution in [2.24, 2.45) is 5.10 Å². The highest BCUT2D eigenvalue weighted by Crippen LogP contribution is 2.70. The number of carbonyl (C=O) groups excluding carboxylic acids is 1. The van der Waals surface area contributed by atoms with E-state index >= 15 is 0 Å². The number of anilines is 1. The topological polar surface area (TPSA) is 32.7 Å². The molecule has 0 aromatic heterocycles. The number of hydrazone groups is 1. The minimum absolute atomic E-state index is 0.0486. The molecule has 0 N–H and O–H groups in total. The molecule has 0 bridgehead atoms. The Labute approximate surface area is 234 Å². The molecular formula is C30H22Cl2N2OS2. The quantitative estimate of drug-likeness (QED) is 0.250. The van der Waals surface area contributed by atoms with Gasteiger partial charge in [0.2, 0.25) is 0 Å². The maximum Gasteiger partial charge on any atom is 0.187 e. The molecular weight excluding hydrogens is 539 g/mol. The summed E-state index contributed by atoms with van der Waals surface area (Å²) in [6.07, 6.45) is 0. The number of fused-ring (bicyclic) bond motifs is 2. The van der Waals surface area contributed by atoms with Gasteiger partial charge < -0.3 is 0 Å². The lowest BCUT2D eigenvalue weighted by atomic mass is 9.82. The number of Topliss-reactive ketones (excluding diaryl/α,β-unsaturated/α-hetero) is 1. The van der Waals surface area contributed by atoms with Gasteiger partial charge >= 0.3 is 0 Å². The molecule has 37 heavy (non-hydrogen) atoms. The Morgan fingerprint density at radius 3 is 1.86 bits per heavy atom. The van der Waals surface area contributed by atoms with Gasteiger partial charge in [0.1, 0.15) is 0 Å². The van der Waals surface area contributed by atoms with E-state index in [1.165, 1.54) is 11.8 Å². The zero-order valence-electron chi connectivity index (χ0n) is 20.1. The number of benzene rings is 4. The summed E-state index contributed by atoms with van der Waals surface area (Å²) in [6.45, 7) is 3.64. The van der Waals surface area contributed by atoms with Crippen molar-refractivity contribution in [1.82, 2.24) is 0 Å². The maximum absolute atomic E-state index is 12.7. The van der Waals surface area contributed by atoms with Crippen LogP contribution < -0.4 is 5.01 Å². The molecule has 4 aromatic rings. The molecule has 0 aliphatic carbocycles. The third-order valence-corrected chi connectivity index (χ3v) is 10.6.